The molecule has 0 saturated carbocycles. The number of ether oxygens (including phenoxy) is 1. The summed E-state index contributed by atoms with van der Waals surface area (Å²) in [6.45, 7) is 0. The fourth-order valence-corrected chi connectivity index (χ4v) is 3.01. The van der Waals surface area contributed by atoms with E-state index in [4.69, 9.17) is 4.74 Å². The smallest absolute Gasteiger partial charge is 0.259 e. The highest BCUT2D eigenvalue weighted by atomic mass is 19.1. The molecule has 1 heterocycles. The quantitative estimate of drug-likeness (QED) is 0.690. The highest BCUT2D eigenvalue weighted by Gasteiger charge is 2.21. The van der Waals surface area contributed by atoms with E-state index in [1.165, 1.54) is 6.07 Å². The molecule has 1 aliphatic heterocycles. The standard InChI is InChI=1S/C22H17FN2O3/c23-17-6-2-1-5-14(17)9-12-21(26)24-15-10-11-19-16(13-15)22(27)25-18-7-3-4-8-20(18)28-19/h1-8,10-11,13H,9,12H2,(H,24,26)(H,25,27). The van der Waals surface area contributed by atoms with Crippen molar-refractivity contribution in [1.29, 1.82) is 0 Å². The van der Waals surface area contributed by atoms with E-state index in [1.54, 1.807) is 54.6 Å². The Balaban J connectivity index is 1.47. The third kappa shape index (κ3) is 3.71. The highest BCUT2D eigenvalue weighted by Crippen LogP contribution is 2.36. The molecule has 6 heteroatoms. The minimum absolute atomic E-state index is 0.131. The van der Waals surface area contributed by atoms with Gasteiger partial charge >= 0.3 is 0 Å². The first-order valence-electron chi connectivity index (χ1n) is 8.86. The van der Waals surface area contributed by atoms with Crippen LogP contribution in [0, 0.1) is 5.82 Å². The fraction of sp³-hybridized carbons (Fsp3) is 0.0909. The molecule has 0 atom stereocenters. The van der Waals surface area contributed by atoms with E-state index < -0.39 is 0 Å². The van der Waals surface area contributed by atoms with Gasteiger partial charge in [0.05, 0.1) is 11.3 Å². The van der Waals surface area contributed by atoms with Gasteiger partial charge in [-0.15, -0.1) is 0 Å². The van der Waals surface area contributed by atoms with Gasteiger partial charge in [0.2, 0.25) is 5.91 Å². The van der Waals surface area contributed by atoms with Gasteiger partial charge in [0, 0.05) is 12.1 Å². The third-order valence-electron chi connectivity index (χ3n) is 4.44. The van der Waals surface area contributed by atoms with Crippen LogP contribution < -0.4 is 15.4 Å². The van der Waals surface area contributed by atoms with Crippen LogP contribution in [0.1, 0.15) is 22.3 Å². The molecule has 0 saturated heterocycles. The largest absolute Gasteiger partial charge is 0.454 e. The number of nitrogens with one attached hydrogen (secondary N) is 2. The molecule has 140 valence electrons. The number of fused-ring (bicyclic) bond motifs is 2. The second kappa shape index (κ2) is 7.52. The van der Waals surface area contributed by atoms with Crippen LogP contribution in [0.5, 0.6) is 11.5 Å². The van der Waals surface area contributed by atoms with Crippen LogP contribution in [-0.2, 0) is 11.2 Å². The lowest BCUT2D eigenvalue weighted by Gasteiger charge is -2.10. The molecule has 3 aromatic carbocycles. The molecular weight excluding hydrogens is 359 g/mol. The molecule has 0 spiro atoms. The van der Waals surface area contributed by atoms with Crippen LogP contribution in [0.3, 0.4) is 0 Å². The summed E-state index contributed by atoms with van der Waals surface area (Å²) in [4.78, 5) is 24.7. The Morgan fingerprint density at radius 2 is 1.79 bits per heavy atom. The molecule has 0 unspecified atom stereocenters. The number of benzene rings is 3. The molecule has 28 heavy (non-hydrogen) atoms. The maximum absolute atomic E-state index is 13.7. The van der Waals surface area contributed by atoms with Crippen molar-refractivity contribution in [1.82, 2.24) is 0 Å². The molecule has 0 bridgehead atoms. The van der Waals surface area contributed by atoms with Gasteiger partial charge in [-0.25, -0.2) is 4.39 Å². The third-order valence-corrected chi connectivity index (χ3v) is 4.44. The van der Waals surface area contributed by atoms with Gasteiger partial charge in [-0.1, -0.05) is 30.3 Å². The van der Waals surface area contributed by atoms with Crippen molar-refractivity contribution in [2.24, 2.45) is 0 Å². The molecule has 0 radical (unpaired) electrons. The van der Waals surface area contributed by atoms with Crippen LogP contribution in [-0.4, -0.2) is 11.8 Å². The van der Waals surface area contributed by atoms with E-state index in [9.17, 15) is 14.0 Å². The average Bonchev–Trinajstić information content (AvgIpc) is 2.83. The summed E-state index contributed by atoms with van der Waals surface area (Å²) in [5.74, 6) is 0.0561. The summed E-state index contributed by atoms with van der Waals surface area (Å²) in [5.41, 5.74) is 1.87. The number of halogens is 1. The SMILES string of the molecule is O=C(CCc1ccccc1F)Nc1ccc2c(c1)C(=O)Nc1ccccc1O2. The number of anilines is 2. The normalized spacial score (nSPS) is 12.1. The minimum Gasteiger partial charge on any atom is -0.454 e. The summed E-state index contributed by atoms with van der Waals surface area (Å²) in [7, 11) is 0. The number of para-hydroxylation sites is 2. The maximum atomic E-state index is 13.7. The number of aryl methyl sites for hydroxylation is 1. The fourth-order valence-electron chi connectivity index (χ4n) is 3.01. The minimum atomic E-state index is -0.325. The Morgan fingerprint density at radius 1 is 1.00 bits per heavy atom. The molecule has 1 aliphatic rings. The summed E-state index contributed by atoms with van der Waals surface area (Å²) in [6.07, 6.45) is 0.425. The van der Waals surface area contributed by atoms with E-state index in [1.807, 2.05) is 6.07 Å². The van der Waals surface area contributed by atoms with Gasteiger partial charge < -0.3 is 15.4 Å². The van der Waals surface area contributed by atoms with Gasteiger partial charge in [-0.3, -0.25) is 9.59 Å². The first-order chi connectivity index (χ1) is 13.6. The first-order valence-corrected chi connectivity index (χ1v) is 8.86. The molecular formula is C22H17FN2O3. The lowest BCUT2D eigenvalue weighted by atomic mass is 10.1. The van der Waals surface area contributed by atoms with Crippen LogP contribution in [0.4, 0.5) is 15.8 Å². The number of carbonyl (C=O) groups excluding carboxylic acids is 2. The monoisotopic (exact) mass is 376 g/mol. The summed E-state index contributed by atoms with van der Waals surface area (Å²) >= 11 is 0. The van der Waals surface area contributed by atoms with E-state index >= 15 is 0 Å². The van der Waals surface area contributed by atoms with Gasteiger partial charge in [0.1, 0.15) is 11.6 Å². The molecule has 0 aromatic heterocycles. The van der Waals surface area contributed by atoms with Gasteiger partial charge in [0.15, 0.2) is 5.75 Å². The van der Waals surface area contributed by atoms with Gasteiger partial charge in [0.25, 0.3) is 5.91 Å². The zero-order valence-corrected chi connectivity index (χ0v) is 14.9. The maximum Gasteiger partial charge on any atom is 0.259 e. The molecule has 2 N–H and O–H groups in total. The Kier molecular flexibility index (Phi) is 4.76. The van der Waals surface area contributed by atoms with Crippen molar-refractivity contribution in [2.45, 2.75) is 12.8 Å². The van der Waals surface area contributed by atoms with Crippen LogP contribution >= 0.6 is 0 Å². The zero-order valence-electron chi connectivity index (χ0n) is 14.9. The van der Waals surface area contributed by atoms with Crippen molar-refractivity contribution in [3.05, 3.63) is 83.7 Å². The average molecular weight is 376 g/mol. The van der Waals surface area contributed by atoms with Crippen molar-refractivity contribution >= 4 is 23.2 Å². The summed E-state index contributed by atoms with van der Waals surface area (Å²) in [6, 6.07) is 18.4. The number of rotatable bonds is 4. The van der Waals surface area contributed by atoms with Crippen molar-refractivity contribution in [3.8, 4) is 11.5 Å². The van der Waals surface area contributed by atoms with Crippen molar-refractivity contribution < 1.29 is 18.7 Å². The zero-order chi connectivity index (χ0) is 19.5. The second-order valence-electron chi connectivity index (χ2n) is 6.40. The first kappa shape index (κ1) is 17.7. The number of hydrogen-bond donors (Lipinski definition) is 2. The summed E-state index contributed by atoms with van der Waals surface area (Å²) in [5, 5.41) is 5.54. The lowest BCUT2D eigenvalue weighted by molar-refractivity contribution is -0.116. The van der Waals surface area contributed by atoms with E-state index in [0.717, 1.165) is 0 Å². The topological polar surface area (TPSA) is 67.4 Å². The molecule has 5 nitrogen and oxygen atoms in total. The van der Waals surface area contributed by atoms with Gasteiger partial charge in [-0.2, -0.15) is 0 Å². The lowest BCUT2D eigenvalue weighted by Crippen LogP contribution is -2.14. The Hall–Kier alpha value is -3.67. The van der Waals surface area contributed by atoms with E-state index in [2.05, 4.69) is 10.6 Å². The highest BCUT2D eigenvalue weighted by molar-refractivity contribution is 6.09. The molecule has 0 fully saturated rings. The Bertz CT molecular complexity index is 1070. The van der Waals surface area contributed by atoms with Gasteiger partial charge in [-0.05, 0) is 48.4 Å². The van der Waals surface area contributed by atoms with E-state index in [0.29, 0.717) is 40.4 Å². The van der Waals surface area contributed by atoms with Crippen LogP contribution in [0.2, 0.25) is 0 Å². The van der Waals surface area contributed by atoms with Crippen molar-refractivity contribution in [2.75, 3.05) is 10.6 Å². The van der Waals surface area contributed by atoms with E-state index in [-0.39, 0.29) is 24.1 Å². The molecule has 2 amide bonds. The van der Waals surface area contributed by atoms with Crippen molar-refractivity contribution in [3.63, 3.8) is 0 Å². The predicted octanol–water partition coefficient (Wildman–Crippen LogP) is 4.76. The Morgan fingerprint density at radius 3 is 2.64 bits per heavy atom. The molecule has 4 rings (SSSR count). The van der Waals surface area contributed by atoms with Crippen LogP contribution in [0.25, 0.3) is 0 Å². The molecule has 3 aromatic rings. The Labute approximate surface area is 161 Å². The number of hydrogen-bond acceptors (Lipinski definition) is 3. The summed E-state index contributed by atoms with van der Waals surface area (Å²) < 4.78 is 19.5. The second-order valence-corrected chi connectivity index (χ2v) is 6.40. The predicted molar refractivity (Wildman–Crippen MR) is 104 cm³/mol. The number of amides is 2. The molecule has 0 aliphatic carbocycles. The number of carbonyl (C=O) groups is 2. The van der Waals surface area contributed by atoms with Crippen LogP contribution in [0.15, 0.2) is 66.7 Å².